The van der Waals surface area contributed by atoms with Crippen molar-refractivity contribution in [1.82, 2.24) is 0 Å². The fourth-order valence-electron chi connectivity index (χ4n) is 3.39. The van der Waals surface area contributed by atoms with Crippen LogP contribution in [0.2, 0.25) is 0 Å². The van der Waals surface area contributed by atoms with Crippen molar-refractivity contribution in [3.63, 3.8) is 0 Å². The summed E-state index contributed by atoms with van der Waals surface area (Å²) in [5, 5.41) is 10.8. The maximum atomic E-state index is 10.8. The van der Waals surface area contributed by atoms with E-state index in [-0.39, 0.29) is 5.41 Å². The van der Waals surface area contributed by atoms with Crippen LogP contribution in [0.1, 0.15) is 50.8 Å². The number of hydrogen-bond acceptors (Lipinski definition) is 3. The Hall–Kier alpha value is -2.78. The van der Waals surface area contributed by atoms with Gasteiger partial charge in [-0.25, -0.2) is 0 Å². The summed E-state index contributed by atoms with van der Waals surface area (Å²) >= 11 is 0. The van der Waals surface area contributed by atoms with Crippen molar-refractivity contribution >= 4 is 0 Å². The Labute approximate surface area is 173 Å². The van der Waals surface area contributed by atoms with Gasteiger partial charge in [-0.3, -0.25) is 0 Å². The van der Waals surface area contributed by atoms with E-state index in [1.165, 1.54) is 5.56 Å². The molecule has 3 heteroatoms. The van der Waals surface area contributed by atoms with E-state index in [4.69, 9.17) is 9.47 Å². The molecule has 0 spiro atoms. The van der Waals surface area contributed by atoms with E-state index in [9.17, 15) is 5.11 Å². The quantitative estimate of drug-likeness (QED) is 0.443. The number of aliphatic hydroxyl groups excluding tert-OH is 1. The second-order valence-electron chi connectivity index (χ2n) is 7.88. The van der Waals surface area contributed by atoms with E-state index in [2.05, 4.69) is 26.0 Å². The molecule has 1 N–H and O–H groups in total. The third kappa shape index (κ3) is 5.85. The Morgan fingerprint density at radius 3 is 2.21 bits per heavy atom. The number of para-hydroxylation sites is 1. The van der Waals surface area contributed by atoms with Crippen LogP contribution in [0.25, 0.3) is 0 Å². The Kier molecular flexibility index (Phi) is 6.95. The highest BCUT2D eigenvalue weighted by Crippen LogP contribution is 2.33. The molecular formula is C26H30O3. The molecule has 0 aliphatic rings. The smallest absolute Gasteiger partial charge is 0.127 e. The average Bonchev–Trinajstić information content (AvgIpc) is 2.74. The first-order valence-electron chi connectivity index (χ1n) is 10.2. The first kappa shape index (κ1) is 20.9. The van der Waals surface area contributed by atoms with Gasteiger partial charge in [0.1, 0.15) is 17.2 Å². The van der Waals surface area contributed by atoms with Gasteiger partial charge in [-0.1, -0.05) is 56.3 Å². The minimum Gasteiger partial charge on any atom is -0.494 e. The second kappa shape index (κ2) is 9.62. The lowest BCUT2D eigenvalue weighted by Gasteiger charge is -2.27. The molecule has 1 atom stereocenters. The molecule has 0 saturated carbocycles. The molecule has 0 aliphatic carbocycles. The number of aliphatic hydroxyl groups is 1. The maximum absolute atomic E-state index is 10.8. The molecule has 0 amide bonds. The third-order valence-corrected chi connectivity index (χ3v) is 5.21. The highest BCUT2D eigenvalue weighted by atomic mass is 16.5. The highest BCUT2D eigenvalue weighted by Gasteiger charge is 2.22. The minimum absolute atomic E-state index is 0.0378. The van der Waals surface area contributed by atoms with Crippen molar-refractivity contribution in [2.24, 2.45) is 0 Å². The molecular weight excluding hydrogens is 360 g/mol. The van der Waals surface area contributed by atoms with Gasteiger partial charge in [-0.2, -0.15) is 0 Å². The fraction of sp³-hybridized carbons (Fsp3) is 0.308. The first-order chi connectivity index (χ1) is 14.0. The lowest BCUT2D eigenvalue weighted by Crippen LogP contribution is -2.18. The van der Waals surface area contributed by atoms with Gasteiger partial charge in [0.2, 0.25) is 0 Å². The van der Waals surface area contributed by atoms with Crippen molar-refractivity contribution in [2.75, 3.05) is 6.61 Å². The molecule has 0 aliphatic heterocycles. The molecule has 3 nitrogen and oxygen atoms in total. The van der Waals surface area contributed by atoms with Gasteiger partial charge in [-0.15, -0.1) is 0 Å². The van der Waals surface area contributed by atoms with Crippen LogP contribution in [0.5, 0.6) is 17.2 Å². The zero-order chi connectivity index (χ0) is 20.7. The van der Waals surface area contributed by atoms with Crippen molar-refractivity contribution in [3.05, 3.63) is 90.0 Å². The lowest BCUT2D eigenvalue weighted by molar-refractivity contribution is 0.155. The summed E-state index contributed by atoms with van der Waals surface area (Å²) in [5.74, 6) is 2.41. The number of hydrogen-bond donors (Lipinski definition) is 1. The summed E-state index contributed by atoms with van der Waals surface area (Å²) in [6.07, 6.45) is 1.01. The van der Waals surface area contributed by atoms with Crippen LogP contribution in [0.15, 0.2) is 78.9 Å². The van der Waals surface area contributed by atoms with E-state index in [0.717, 1.165) is 29.2 Å². The van der Waals surface area contributed by atoms with Gasteiger partial charge in [0.15, 0.2) is 0 Å². The van der Waals surface area contributed by atoms with E-state index in [1.54, 1.807) is 0 Å². The SMILES string of the molecule is CCOc1ccc(C(C)(C)CCC(O)c2cccc(Oc3ccccc3)c2)cc1. The molecule has 0 aromatic heterocycles. The molecule has 152 valence electrons. The third-order valence-electron chi connectivity index (χ3n) is 5.21. The minimum atomic E-state index is -0.531. The Morgan fingerprint density at radius 1 is 0.828 bits per heavy atom. The van der Waals surface area contributed by atoms with Gasteiger partial charge in [-0.05, 0) is 72.7 Å². The molecule has 0 bridgehead atoms. The van der Waals surface area contributed by atoms with Gasteiger partial charge in [0.25, 0.3) is 0 Å². The fourth-order valence-corrected chi connectivity index (χ4v) is 3.39. The van der Waals surface area contributed by atoms with E-state index in [0.29, 0.717) is 13.0 Å². The van der Waals surface area contributed by atoms with Crippen molar-refractivity contribution in [1.29, 1.82) is 0 Å². The van der Waals surface area contributed by atoms with Crippen LogP contribution in [0.3, 0.4) is 0 Å². The van der Waals surface area contributed by atoms with Crippen LogP contribution in [0.4, 0.5) is 0 Å². The molecule has 1 unspecified atom stereocenters. The second-order valence-corrected chi connectivity index (χ2v) is 7.88. The largest absolute Gasteiger partial charge is 0.494 e. The lowest BCUT2D eigenvalue weighted by atomic mass is 9.79. The molecule has 3 rings (SSSR count). The molecule has 0 heterocycles. The van der Waals surface area contributed by atoms with E-state index >= 15 is 0 Å². The predicted molar refractivity (Wildman–Crippen MR) is 118 cm³/mol. The molecule has 3 aromatic rings. The standard InChI is InChI=1S/C26H30O3/c1-4-28-22-15-13-21(14-16-22)26(2,3)18-17-25(27)20-9-8-12-24(19-20)29-23-10-6-5-7-11-23/h5-16,19,25,27H,4,17-18H2,1-3H3. The van der Waals surface area contributed by atoms with E-state index < -0.39 is 6.10 Å². The average molecular weight is 391 g/mol. The molecule has 3 aromatic carbocycles. The van der Waals surface area contributed by atoms with Gasteiger partial charge < -0.3 is 14.6 Å². The number of benzene rings is 3. The van der Waals surface area contributed by atoms with Crippen LogP contribution in [-0.2, 0) is 5.41 Å². The van der Waals surface area contributed by atoms with Crippen LogP contribution in [0, 0.1) is 0 Å². The summed E-state index contributed by atoms with van der Waals surface area (Å²) in [7, 11) is 0. The topological polar surface area (TPSA) is 38.7 Å². The summed E-state index contributed by atoms with van der Waals surface area (Å²) in [5.41, 5.74) is 2.08. The summed E-state index contributed by atoms with van der Waals surface area (Å²) in [4.78, 5) is 0. The predicted octanol–water partition coefficient (Wildman–Crippen LogP) is 6.67. The Morgan fingerprint density at radius 2 is 1.52 bits per heavy atom. The molecule has 0 saturated heterocycles. The molecule has 0 fully saturated rings. The summed E-state index contributed by atoms with van der Waals surface area (Å²) in [6.45, 7) is 7.08. The molecule has 0 radical (unpaired) electrons. The van der Waals surface area contributed by atoms with Crippen molar-refractivity contribution in [3.8, 4) is 17.2 Å². The monoisotopic (exact) mass is 390 g/mol. The summed E-state index contributed by atoms with van der Waals surface area (Å²) < 4.78 is 11.4. The van der Waals surface area contributed by atoms with Gasteiger partial charge in [0, 0.05) is 0 Å². The Bertz CT molecular complexity index is 885. The number of ether oxygens (including phenoxy) is 2. The zero-order valence-electron chi connectivity index (χ0n) is 17.5. The Balaban J connectivity index is 1.62. The normalized spacial score (nSPS) is 12.4. The molecule has 29 heavy (non-hydrogen) atoms. The van der Waals surface area contributed by atoms with Gasteiger partial charge in [0.05, 0.1) is 12.7 Å². The van der Waals surface area contributed by atoms with Crippen molar-refractivity contribution < 1.29 is 14.6 Å². The van der Waals surface area contributed by atoms with Crippen LogP contribution < -0.4 is 9.47 Å². The van der Waals surface area contributed by atoms with Gasteiger partial charge >= 0.3 is 0 Å². The van der Waals surface area contributed by atoms with Crippen molar-refractivity contribution in [2.45, 2.75) is 45.1 Å². The van der Waals surface area contributed by atoms with Crippen LogP contribution in [-0.4, -0.2) is 11.7 Å². The number of rotatable bonds is 9. The highest BCUT2D eigenvalue weighted by molar-refractivity contribution is 5.35. The first-order valence-corrected chi connectivity index (χ1v) is 10.2. The van der Waals surface area contributed by atoms with Crippen LogP contribution >= 0.6 is 0 Å². The van der Waals surface area contributed by atoms with E-state index in [1.807, 2.05) is 73.7 Å². The summed E-state index contributed by atoms with van der Waals surface area (Å²) in [6, 6.07) is 25.6. The maximum Gasteiger partial charge on any atom is 0.127 e. The zero-order valence-corrected chi connectivity index (χ0v) is 17.5.